The van der Waals surface area contributed by atoms with E-state index in [1.54, 1.807) is 17.5 Å². The van der Waals surface area contributed by atoms with Crippen molar-refractivity contribution in [3.63, 3.8) is 0 Å². The van der Waals surface area contributed by atoms with E-state index in [2.05, 4.69) is 4.98 Å². The molecule has 2 heterocycles. The minimum Gasteiger partial charge on any atom is -0.397 e. The van der Waals surface area contributed by atoms with Crippen molar-refractivity contribution >= 4 is 44.4 Å². The topological polar surface area (TPSA) is 59.2 Å². The van der Waals surface area contributed by atoms with Crippen LogP contribution >= 0.6 is 22.7 Å². The van der Waals surface area contributed by atoms with Crippen LogP contribution in [0.3, 0.4) is 0 Å². The number of carbonyl (C=O) groups is 1. The van der Waals surface area contributed by atoms with Crippen LogP contribution in [-0.4, -0.2) is 22.8 Å². The lowest BCUT2D eigenvalue weighted by molar-refractivity contribution is 0.0789. The number of hydrogen-bond acceptors (Lipinski definition) is 5. The normalized spacial score (nSPS) is 10.8. The summed E-state index contributed by atoms with van der Waals surface area (Å²) in [5, 5.41) is 2.89. The minimum atomic E-state index is -0.0586. The molecule has 20 heavy (non-hydrogen) atoms. The number of carbonyl (C=O) groups excluding carboxylic acids is 1. The Morgan fingerprint density at radius 3 is 2.90 bits per heavy atom. The van der Waals surface area contributed by atoms with Gasteiger partial charge in [0.1, 0.15) is 4.88 Å². The summed E-state index contributed by atoms with van der Waals surface area (Å²) >= 11 is 2.96. The van der Waals surface area contributed by atoms with Crippen molar-refractivity contribution < 1.29 is 4.79 Å². The summed E-state index contributed by atoms with van der Waals surface area (Å²) in [7, 11) is 1.77. The van der Waals surface area contributed by atoms with Crippen LogP contribution < -0.4 is 5.73 Å². The van der Waals surface area contributed by atoms with Crippen LogP contribution in [0.25, 0.3) is 10.1 Å². The Balaban J connectivity index is 1.90. The highest BCUT2D eigenvalue weighted by Gasteiger charge is 2.20. The first-order valence-corrected chi connectivity index (χ1v) is 7.82. The van der Waals surface area contributed by atoms with E-state index in [4.69, 9.17) is 5.73 Å². The molecule has 0 aliphatic carbocycles. The largest absolute Gasteiger partial charge is 0.397 e. The molecular formula is C14H13N3OS2. The van der Waals surface area contributed by atoms with Gasteiger partial charge in [-0.25, -0.2) is 4.98 Å². The van der Waals surface area contributed by atoms with E-state index in [-0.39, 0.29) is 5.91 Å². The average molecular weight is 303 g/mol. The molecule has 1 aromatic carbocycles. The van der Waals surface area contributed by atoms with Crippen LogP contribution in [-0.2, 0) is 6.54 Å². The molecule has 0 fully saturated rings. The van der Waals surface area contributed by atoms with Gasteiger partial charge in [-0.05, 0) is 6.07 Å². The van der Waals surface area contributed by atoms with Gasteiger partial charge in [0, 0.05) is 22.5 Å². The number of nitrogens with two attached hydrogens (primary N) is 1. The van der Waals surface area contributed by atoms with E-state index in [0.717, 1.165) is 15.8 Å². The molecule has 0 saturated carbocycles. The third-order valence-electron chi connectivity index (χ3n) is 3.06. The van der Waals surface area contributed by atoms with Gasteiger partial charge in [0.2, 0.25) is 0 Å². The predicted molar refractivity (Wildman–Crippen MR) is 84.1 cm³/mol. The van der Waals surface area contributed by atoms with Crippen LogP contribution in [0.15, 0.2) is 35.2 Å². The van der Waals surface area contributed by atoms with Crippen LogP contribution in [0.2, 0.25) is 0 Å². The standard InChI is InChI=1S/C14H13N3OS2/c1-17(6-9-7-19-8-16-9)14(18)13-12(15)10-4-2-3-5-11(10)20-13/h2-5,7-8H,6,15H2,1H3. The summed E-state index contributed by atoms with van der Waals surface area (Å²) in [5.74, 6) is -0.0586. The Hall–Kier alpha value is -1.92. The molecule has 0 atom stereocenters. The third kappa shape index (κ3) is 2.28. The Morgan fingerprint density at radius 1 is 1.40 bits per heavy atom. The molecular weight excluding hydrogens is 290 g/mol. The quantitative estimate of drug-likeness (QED) is 0.808. The number of fused-ring (bicyclic) bond motifs is 1. The molecule has 0 saturated heterocycles. The third-order valence-corrected chi connectivity index (χ3v) is 4.87. The highest BCUT2D eigenvalue weighted by Crippen LogP contribution is 2.34. The summed E-state index contributed by atoms with van der Waals surface area (Å²) in [6.45, 7) is 0.496. The lowest BCUT2D eigenvalue weighted by Gasteiger charge is -2.15. The number of aromatic nitrogens is 1. The molecule has 0 unspecified atom stereocenters. The number of anilines is 1. The van der Waals surface area contributed by atoms with E-state index in [1.807, 2.05) is 29.6 Å². The van der Waals surface area contributed by atoms with Gasteiger partial charge in [-0.1, -0.05) is 18.2 Å². The Morgan fingerprint density at radius 2 is 2.20 bits per heavy atom. The number of benzene rings is 1. The number of thiazole rings is 1. The molecule has 0 spiro atoms. The SMILES string of the molecule is CN(Cc1cscn1)C(=O)c1sc2ccccc2c1N. The fourth-order valence-corrected chi connectivity index (χ4v) is 3.70. The smallest absolute Gasteiger partial charge is 0.266 e. The minimum absolute atomic E-state index is 0.0586. The summed E-state index contributed by atoms with van der Waals surface area (Å²) in [6.07, 6.45) is 0. The summed E-state index contributed by atoms with van der Waals surface area (Å²) in [5.41, 5.74) is 9.33. The second-order valence-electron chi connectivity index (χ2n) is 4.48. The van der Waals surface area contributed by atoms with Crippen molar-refractivity contribution in [3.8, 4) is 0 Å². The molecule has 4 nitrogen and oxygen atoms in total. The van der Waals surface area contributed by atoms with E-state index in [9.17, 15) is 4.79 Å². The molecule has 0 bridgehead atoms. The Kier molecular flexibility index (Phi) is 3.42. The van der Waals surface area contributed by atoms with Crippen molar-refractivity contribution in [2.45, 2.75) is 6.54 Å². The van der Waals surface area contributed by atoms with Crippen LogP contribution in [0.1, 0.15) is 15.4 Å². The second kappa shape index (κ2) is 5.22. The van der Waals surface area contributed by atoms with E-state index >= 15 is 0 Å². The molecule has 1 amide bonds. The molecule has 0 aliphatic rings. The first-order chi connectivity index (χ1) is 9.66. The first-order valence-electron chi connectivity index (χ1n) is 6.06. The molecule has 102 valence electrons. The number of nitrogens with zero attached hydrogens (tertiary/aromatic N) is 2. The molecule has 2 N–H and O–H groups in total. The number of hydrogen-bond donors (Lipinski definition) is 1. The van der Waals surface area contributed by atoms with Crippen molar-refractivity contribution in [2.75, 3.05) is 12.8 Å². The number of rotatable bonds is 3. The zero-order chi connectivity index (χ0) is 14.1. The van der Waals surface area contributed by atoms with Gasteiger partial charge in [0.25, 0.3) is 5.91 Å². The van der Waals surface area contributed by atoms with Crippen molar-refractivity contribution in [2.24, 2.45) is 0 Å². The van der Waals surface area contributed by atoms with Crippen LogP contribution in [0.5, 0.6) is 0 Å². The monoisotopic (exact) mass is 303 g/mol. The zero-order valence-electron chi connectivity index (χ0n) is 10.9. The van der Waals surface area contributed by atoms with Crippen molar-refractivity contribution in [1.29, 1.82) is 0 Å². The van der Waals surface area contributed by atoms with Crippen molar-refractivity contribution in [1.82, 2.24) is 9.88 Å². The fourth-order valence-electron chi connectivity index (χ4n) is 2.03. The van der Waals surface area contributed by atoms with Gasteiger partial charge in [-0.3, -0.25) is 4.79 Å². The lowest BCUT2D eigenvalue weighted by atomic mass is 10.2. The number of amides is 1. The summed E-state index contributed by atoms with van der Waals surface area (Å²) in [6, 6.07) is 7.80. The maximum atomic E-state index is 12.5. The predicted octanol–water partition coefficient (Wildman–Crippen LogP) is 3.21. The average Bonchev–Trinajstić information content (AvgIpc) is 3.07. The van der Waals surface area contributed by atoms with Gasteiger partial charge >= 0.3 is 0 Å². The maximum absolute atomic E-state index is 12.5. The van der Waals surface area contributed by atoms with E-state index < -0.39 is 0 Å². The number of nitrogen functional groups attached to an aromatic ring is 1. The molecule has 0 aliphatic heterocycles. The van der Waals surface area contributed by atoms with Gasteiger partial charge in [0.05, 0.1) is 23.4 Å². The summed E-state index contributed by atoms with van der Waals surface area (Å²) < 4.78 is 1.04. The molecule has 3 rings (SSSR count). The maximum Gasteiger partial charge on any atom is 0.266 e. The highest BCUT2D eigenvalue weighted by atomic mass is 32.1. The molecule has 6 heteroatoms. The zero-order valence-corrected chi connectivity index (χ0v) is 12.5. The van der Waals surface area contributed by atoms with E-state index in [1.165, 1.54) is 22.7 Å². The molecule has 0 radical (unpaired) electrons. The fraction of sp³-hybridized carbons (Fsp3) is 0.143. The van der Waals surface area contributed by atoms with Gasteiger partial charge in [0.15, 0.2) is 0 Å². The first kappa shape index (κ1) is 13.1. The van der Waals surface area contributed by atoms with Gasteiger partial charge < -0.3 is 10.6 Å². The lowest BCUT2D eigenvalue weighted by Crippen LogP contribution is -2.26. The molecule has 2 aromatic heterocycles. The second-order valence-corrected chi connectivity index (χ2v) is 6.25. The Bertz CT molecular complexity index is 749. The van der Waals surface area contributed by atoms with Gasteiger partial charge in [-0.2, -0.15) is 0 Å². The Labute approximate surface area is 124 Å². The van der Waals surface area contributed by atoms with Crippen molar-refractivity contribution in [3.05, 3.63) is 45.7 Å². The van der Waals surface area contributed by atoms with Crippen LogP contribution in [0.4, 0.5) is 5.69 Å². The van der Waals surface area contributed by atoms with E-state index in [0.29, 0.717) is 17.1 Å². The molecule has 3 aromatic rings. The van der Waals surface area contributed by atoms with Crippen LogP contribution in [0, 0.1) is 0 Å². The number of thiophene rings is 1. The highest BCUT2D eigenvalue weighted by molar-refractivity contribution is 7.21. The summed E-state index contributed by atoms with van der Waals surface area (Å²) in [4.78, 5) is 18.9. The van der Waals surface area contributed by atoms with Gasteiger partial charge in [-0.15, -0.1) is 22.7 Å².